The summed E-state index contributed by atoms with van der Waals surface area (Å²) in [4.78, 5) is 4.72. The van der Waals surface area contributed by atoms with E-state index >= 15 is 0 Å². The minimum atomic E-state index is 0.224. The molecule has 0 spiro atoms. The summed E-state index contributed by atoms with van der Waals surface area (Å²) >= 11 is 0. The maximum Gasteiger partial charge on any atom is 0.0541 e. The summed E-state index contributed by atoms with van der Waals surface area (Å²) in [7, 11) is 0. The van der Waals surface area contributed by atoms with Crippen molar-refractivity contribution in [3.63, 3.8) is 0 Å². The zero-order valence-electron chi connectivity index (χ0n) is 24.1. The molecule has 0 fully saturated rings. The van der Waals surface area contributed by atoms with Gasteiger partial charge in [-0.05, 0) is 69.3 Å². The quantitative estimate of drug-likeness (QED) is 0.209. The summed E-state index contributed by atoms with van der Waals surface area (Å²) in [5.41, 5.74) is 14.8. The maximum atomic E-state index is 4.72. The van der Waals surface area contributed by atoms with Crippen LogP contribution in [0.15, 0.2) is 164 Å². The van der Waals surface area contributed by atoms with Crippen LogP contribution in [-0.2, 0) is 0 Å². The molecular formula is C42H28N2. The van der Waals surface area contributed by atoms with Gasteiger partial charge in [0.25, 0.3) is 0 Å². The van der Waals surface area contributed by atoms with Gasteiger partial charge in [-0.25, -0.2) is 0 Å². The smallest absolute Gasteiger partial charge is 0.0541 e. The van der Waals surface area contributed by atoms with Crippen LogP contribution >= 0.6 is 0 Å². The number of hydrogen-bond acceptors (Lipinski definition) is 1. The van der Waals surface area contributed by atoms with Gasteiger partial charge in [-0.3, -0.25) is 4.98 Å². The lowest BCUT2D eigenvalue weighted by Crippen LogP contribution is -1.99. The van der Waals surface area contributed by atoms with Crippen molar-refractivity contribution in [2.45, 2.75) is 5.92 Å². The lowest BCUT2D eigenvalue weighted by molar-refractivity contribution is 1.02. The van der Waals surface area contributed by atoms with Crippen molar-refractivity contribution in [3.05, 3.63) is 181 Å². The average Bonchev–Trinajstić information content (AvgIpc) is 3.62. The number of benzene rings is 6. The third-order valence-corrected chi connectivity index (χ3v) is 9.14. The molecule has 6 aromatic carbocycles. The molecule has 0 aliphatic heterocycles. The summed E-state index contributed by atoms with van der Waals surface area (Å²) < 4.78 is 2.37. The number of pyridine rings is 1. The fraction of sp³-hybridized carbons (Fsp3) is 0.0238. The molecule has 0 saturated carbocycles. The Labute approximate surface area is 256 Å². The monoisotopic (exact) mass is 560 g/mol. The summed E-state index contributed by atoms with van der Waals surface area (Å²) in [5, 5.41) is 2.54. The number of nitrogens with zero attached hydrogens (tertiary/aromatic N) is 2. The molecule has 8 aromatic rings. The Morgan fingerprint density at radius 3 is 1.64 bits per heavy atom. The fourth-order valence-electron chi connectivity index (χ4n) is 7.19. The van der Waals surface area contributed by atoms with Gasteiger partial charge >= 0.3 is 0 Å². The van der Waals surface area contributed by atoms with Crippen molar-refractivity contribution in [1.82, 2.24) is 9.55 Å². The molecule has 2 heteroatoms. The number of aromatic nitrogens is 2. The van der Waals surface area contributed by atoms with Crippen molar-refractivity contribution in [2.75, 3.05) is 0 Å². The van der Waals surface area contributed by atoms with Gasteiger partial charge in [-0.15, -0.1) is 0 Å². The van der Waals surface area contributed by atoms with Crippen LogP contribution in [0.2, 0.25) is 0 Å². The second kappa shape index (κ2) is 9.93. The topological polar surface area (TPSA) is 17.8 Å². The van der Waals surface area contributed by atoms with E-state index in [9.17, 15) is 0 Å². The van der Waals surface area contributed by atoms with Crippen molar-refractivity contribution in [1.29, 1.82) is 0 Å². The molecule has 2 aromatic heterocycles. The van der Waals surface area contributed by atoms with Crippen LogP contribution in [0.3, 0.4) is 0 Å². The minimum absolute atomic E-state index is 0.224. The van der Waals surface area contributed by atoms with Gasteiger partial charge in [0.1, 0.15) is 0 Å². The zero-order valence-corrected chi connectivity index (χ0v) is 24.1. The molecule has 9 rings (SSSR count). The van der Waals surface area contributed by atoms with Crippen molar-refractivity contribution in [3.8, 4) is 39.1 Å². The molecule has 206 valence electrons. The van der Waals surface area contributed by atoms with E-state index < -0.39 is 0 Å². The SMILES string of the molecule is c1cc(-c2cncc(-c3cccc(-n4c5ccccc5c5ccccc54)c3)c2)cc(C2c3ccccc3-c3ccccc32)c1. The first-order valence-electron chi connectivity index (χ1n) is 15.2. The third-order valence-electron chi connectivity index (χ3n) is 9.14. The first kappa shape index (κ1) is 24.8. The van der Waals surface area contributed by atoms with Crippen molar-refractivity contribution >= 4 is 21.8 Å². The molecule has 0 bridgehead atoms. The highest BCUT2D eigenvalue weighted by atomic mass is 15.0. The van der Waals surface area contributed by atoms with Gasteiger partial charge in [0, 0.05) is 45.9 Å². The molecule has 1 aliphatic rings. The Balaban J connectivity index is 1.12. The van der Waals surface area contributed by atoms with Crippen molar-refractivity contribution < 1.29 is 0 Å². The molecule has 0 radical (unpaired) electrons. The van der Waals surface area contributed by atoms with E-state index in [1.807, 2.05) is 12.4 Å². The number of hydrogen-bond donors (Lipinski definition) is 0. The average molecular weight is 561 g/mol. The van der Waals surface area contributed by atoms with Crippen LogP contribution in [-0.4, -0.2) is 9.55 Å². The van der Waals surface area contributed by atoms with Crippen LogP contribution in [0.5, 0.6) is 0 Å². The van der Waals surface area contributed by atoms with Gasteiger partial charge in [0.05, 0.1) is 11.0 Å². The van der Waals surface area contributed by atoms with Crippen molar-refractivity contribution in [2.24, 2.45) is 0 Å². The molecule has 0 saturated heterocycles. The predicted octanol–water partition coefficient (Wildman–Crippen LogP) is 10.7. The fourth-order valence-corrected chi connectivity index (χ4v) is 7.19. The lowest BCUT2D eigenvalue weighted by Gasteiger charge is -2.16. The summed E-state index contributed by atoms with van der Waals surface area (Å²) in [6.07, 6.45) is 3.96. The number of rotatable bonds is 4. The maximum absolute atomic E-state index is 4.72. The van der Waals surface area contributed by atoms with E-state index in [-0.39, 0.29) is 5.92 Å². The van der Waals surface area contributed by atoms with Crippen LogP contribution in [0.1, 0.15) is 22.6 Å². The van der Waals surface area contributed by atoms with E-state index in [4.69, 9.17) is 4.98 Å². The summed E-state index contributed by atoms with van der Waals surface area (Å²) in [6, 6.07) is 55.0. The largest absolute Gasteiger partial charge is 0.309 e. The van der Waals surface area contributed by atoms with Crippen LogP contribution in [0, 0.1) is 0 Å². The first-order chi connectivity index (χ1) is 21.8. The molecule has 2 nitrogen and oxygen atoms in total. The standard InChI is InChI=1S/C42H28N2/c1-3-19-38-34(15-1)35-16-2-4-20-39(35)42(38)30-13-9-11-28(23-30)31-24-32(27-43-26-31)29-12-10-14-33(25-29)44-40-21-7-5-17-36(40)37-18-6-8-22-41(37)44/h1-27,42H. The number of fused-ring (bicyclic) bond motifs is 6. The number of para-hydroxylation sites is 2. The van der Waals surface area contributed by atoms with Crippen LogP contribution in [0.4, 0.5) is 0 Å². The highest BCUT2D eigenvalue weighted by Crippen LogP contribution is 2.48. The molecular weight excluding hydrogens is 532 g/mol. The Morgan fingerprint density at radius 1 is 0.432 bits per heavy atom. The Morgan fingerprint density at radius 2 is 0.977 bits per heavy atom. The lowest BCUT2D eigenvalue weighted by atomic mass is 9.88. The van der Waals surface area contributed by atoms with Gasteiger partial charge in [0.2, 0.25) is 0 Å². The van der Waals surface area contributed by atoms with E-state index in [0.717, 1.165) is 22.4 Å². The van der Waals surface area contributed by atoms with Crippen LogP contribution < -0.4 is 0 Å². The van der Waals surface area contributed by atoms with E-state index in [2.05, 4.69) is 156 Å². The van der Waals surface area contributed by atoms with E-state index in [1.54, 1.807) is 0 Å². The highest BCUT2D eigenvalue weighted by Gasteiger charge is 2.29. The van der Waals surface area contributed by atoms with Gasteiger partial charge in [-0.2, -0.15) is 0 Å². The molecule has 0 atom stereocenters. The molecule has 44 heavy (non-hydrogen) atoms. The van der Waals surface area contributed by atoms with Crippen LogP contribution in [0.25, 0.3) is 60.9 Å². The molecule has 1 aliphatic carbocycles. The molecule has 0 unspecified atom stereocenters. The predicted molar refractivity (Wildman–Crippen MR) is 182 cm³/mol. The minimum Gasteiger partial charge on any atom is -0.309 e. The van der Waals surface area contributed by atoms with Gasteiger partial charge < -0.3 is 4.57 Å². The van der Waals surface area contributed by atoms with Gasteiger partial charge in [0.15, 0.2) is 0 Å². The third kappa shape index (κ3) is 3.85. The molecule has 0 amide bonds. The van der Waals surface area contributed by atoms with Gasteiger partial charge in [-0.1, -0.05) is 121 Å². The zero-order chi connectivity index (χ0) is 29.0. The second-order valence-electron chi connectivity index (χ2n) is 11.6. The van der Waals surface area contributed by atoms with E-state index in [0.29, 0.717) is 0 Å². The Hall–Kier alpha value is -5.73. The molecule has 0 N–H and O–H groups in total. The van der Waals surface area contributed by atoms with E-state index in [1.165, 1.54) is 55.2 Å². The summed E-state index contributed by atoms with van der Waals surface area (Å²) in [5.74, 6) is 0.224. The second-order valence-corrected chi connectivity index (χ2v) is 11.6. The Kier molecular flexibility index (Phi) is 5.60. The molecule has 2 heterocycles. The first-order valence-corrected chi connectivity index (χ1v) is 15.2. The summed E-state index contributed by atoms with van der Waals surface area (Å²) in [6.45, 7) is 0. The Bertz CT molecular complexity index is 2260. The normalized spacial score (nSPS) is 12.5. The highest BCUT2D eigenvalue weighted by molar-refractivity contribution is 6.09.